The molecular formula is C15H18ClN3O4S. The van der Waals surface area contributed by atoms with Crippen molar-refractivity contribution < 1.29 is 19.1 Å². The van der Waals surface area contributed by atoms with E-state index < -0.39 is 18.0 Å². The number of rotatable bonds is 7. The van der Waals surface area contributed by atoms with Gasteiger partial charge in [-0.2, -0.15) is 11.8 Å². The number of carbonyl (C=O) groups excluding carboxylic acids is 3. The first kappa shape index (κ1) is 18.4. The third-order valence-electron chi connectivity index (χ3n) is 3.45. The molecule has 0 aliphatic carbocycles. The molecule has 0 unspecified atom stereocenters. The molecule has 130 valence electrons. The Morgan fingerprint density at radius 3 is 2.88 bits per heavy atom. The van der Waals surface area contributed by atoms with Crippen molar-refractivity contribution in [3.8, 4) is 5.75 Å². The van der Waals surface area contributed by atoms with Gasteiger partial charge in [0.1, 0.15) is 18.3 Å². The molecule has 4 amide bonds. The van der Waals surface area contributed by atoms with Gasteiger partial charge in [-0.1, -0.05) is 11.6 Å². The maximum absolute atomic E-state index is 12.2. The van der Waals surface area contributed by atoms with Crippen LogP contribution in [0.1, 0.15) is 6.42 Å². The van der Waals surface area contributed by atoms with Crippen LogP contribution in [0.3, 0.4) is 0 Å². The molecule has 1 saturated heterocycles. The van der Waals surface area contributed by atoms with Crippen LogP contribution in [-0.4, -0.2) is 54.5 Å². The highest BCUT2D eigenvalue weighted by Crippen LogP contribution is 2.27. The quantitative estimate of drug-likeness (QED) is 0.715. The highest BCUT2D eigenvalue weighted by atomic mass is 35.5. The van der Waals surface area contributed by atoms with Crippen molar-refractivity contribution in [1.29, 1.82) is 0 Å². The molecule has 24 heavy (non-hydrogen) atoms. The fourth-order valence-electron chi connectivity index (χ4n) is 2.27. The van der Waals surface area contributed by atoms with E-state index in [-0.39, 0.29) is 12.5 Å². The number of anilines is 1. The van der Waals surface area contributed by atoms with Crippen LogP contribution in [0.2, 0.25) is 5.02 Å². The predicted molar refractivity (Wildman–Crippen MR) is 93.7 cm³/mol. The fourth-order valence-corrected chi connectivity index (χ4v) is 2.91. The molecule has 9 heteroatoms. The van der Waals surface area contributed by atoms with E-state index in [1.807, 2.05) is 6.26 Å². The summed E-state index contributed by atoms with van der Waals surface area (Å²) in [5, 5.41) is 5.62. The van der Waals surface area contributed by atoms with Crippen molar-refractivity contribution in [2.75, 3.05) is 31.0 Å². The van der Waals surface area contributed by atoms with Crippen LogP contribution < -0.4 is 15.4 Å². The summed E-state index contributed by atoms with van der Waals surface area (Å²) in [4.78, 5) is 37.2. The molecule has 0 radical (unpaired) electrons. The summed E-state index contributed by atoms with van der Waals surface area (Å²) in [6, 6.07) is 3.65. The van der Waals surface area contributed by atoms with Crippen LogP contribution >= 0.6 is 23.4 Å². The standard InChI is InChI=1S/C15H18ClN3O4S/c1-23-12-4-3-9(16)7-11(12)17-13(20)8-19-14(21)10(5-6-24-2)18-15(19)22/h3-4,7,10H,5-6,8H2,1-2H3,(H,17,20)(H,18,22)/t10-/m0/s1. The van der Waals surface area contributed by atoms with Crippen molar-refractivity contribution in [3.05, 3.63) is 23.2 Å². The van der Waals surface area contributed by atoms with Crippen LogP contribution in [0.4, 0.5) is 10.5 Å². The maximum atomic E-state index is 12.2. The molecule has 1 fully saturated rings. The lowest BCUT2D eigenvalue weighted by atomic mass is 10.2. The zero-order valence-corrected chi connectivity index (χ0v) is 14.9. The van der Waals surface area contributed by atoms with Crippen molar-refractivity contribution in [2.45, 2.75) is 12.5 Å². The number of thioether (sulfide) groups is 1. The summed E-state index contributed by atoms with van der Waals surface area (Å²) >= 11 is 7.49. The molecule has 0 bridgehead atoms. The van der Waals surface area contributed by atoms with Crippen molar-refractivity contribution >= 4 is 46.9 Å². The van der Waals surface area contributed by atoms with Crippen LogP contribution in [-0.2, 0) is 9.59 Å². The normalized spacial score (nSPS) is 17.0. The average molecular weight is 372 g/mol. The Bertz CT molecular complexity index is 656. The summed E-state index contributed by atoms with van der Waals surface area (Å²) in [7, 11) is 1.46. The van der Waals surface area contributed by atoms with Gasteiger partial charge in [-0.3, -0.25) is 14.5 Å². The van der Waals surface area contributed by atoms with Gasteiger partial charge in [0.25, 0.3) is 5.91 Å². The van der Waals surface area contributed by atoms with Gasteiger partial charge in [-0.15, -0.1) is 0 Å². The lowest BCUT2D eigenvalue weighted by Crippen LogP contribution is -2.38. The first-order valence-corrected chi connectivity index (χ1v) is 8.97. The molecule has 2 N–H and O–H groups in total. The average Bonchev–Trinajstić information content (AvgIpc) is 2.80. The highest BCUT2D eigenvalue weighted by molar-refractivity contribution is 7.98. The summed E-state index contributed by atoms with van der Waals surface area (Å²) in [5.74, 6) is 0.283. The largest absolute Gasteiger partial charge is 0.495 e. The van der Waals surface area contributed by atoms with E-state index in [0.717, 1.165) is 10.7 Å². The second-order valence-corrected chi connectivity index (χ2v) is 6.52. The minimum absolute atomic E-state index is 0.365. The van der Waals surface area contributed by atoms with Crippen LogP contribution in [0.25, 0.3) is 0 Å². The van der Waals surface area contributed by atoms with E-state index in [2.05, 4.69) is 10.6 Å². The fraction of sp³-hybridized carbons (Fsp3) is 0.400. The Kier molecular flexibility index (Phi) is 6.33. The number of amides is 4. The van der Waals surface area contributed by atoms with Gasteiger partial charge in [-0.05, 0) is 36.6 Å². The third-order valence-corrected chi connectivity index (χ3v) is 4.33. The van der Waals surface area contributed by atoms with Crippen LogP contribution in [0.5, 0.6) is 5.75 Å². The third kappa shape index (κ3) is 4.33. The number of methoxy groups -OCH3 is 1. The summed E-state index contributed by atoms with van der Waals surface area (Å²) in [5.41, 5.74) is 0.376. The molecule has 0 aromatic heterocycles. The molecule has 1 atom stereocenters. The Balaban J connectivity index is 2.01. The molecule has 1 heterocycles. The number of carbonyl (C=O) groups is 3. The Labute approximate surface area is 149 Å². The Morgan fingerprint density at radius 2 is 2.21 bits per heavy atom. The first-order valence-electron chi connectivity index (χ1n) is 7.20. The number of hydrogen-bond donors (Lipinski definition) is 2. The molecule has 7 nitrogen and oxygen atoms in total. The second-order valence-electron chi connectivity index (χ2n) is 5.10. The number of urea groups is 1. The Morgan fingerprint density at radius 1 is 1.46 bits per heavy atom. The van der Waals surface area contributed by atoms with Crippen LogP contribution in [0.15, 0.2) is 18.2 Å². The molecular weight excluding hydrogens is 354 g/mol. The summed E-state index contributed by atoms with van der Waals surface area (Å²) in [6.07, 6.45) is 2.46. The molecule has 0 saturated carbocycles. The smallest absolute Gasteiger partial charge is 0.325 e. The van der Waals surface area contributed by atoms with E-state index in [9.17, 15) is 14.4 Å². The van der Waals surface area contributed by atoms with E-state index in [4.69, 9.17) is 16.3 Å². The number of hydrogen-bond acceptors (Lipinski definition) is 5. The van der Waals surface area contributed by atoms with Gasteiger partial charge in [-0.25, -0.2) is 4.79 Å². The van der Waals surface area contributed by atoms with Crippen molar-refractivity contribution in [2.24, 2.45) is 0 Å². The minimum Gasteiger partial charge on any atom is -0.495 e. The van der Waals surface area contributed by atoms with E-state index in [1.165, 1.54) is 13.2 Å². The van der Waals surface area contributed by atoms with E-state index in [1.54, 1.807) is 23.9 Å². The number of nitrogens with one attached hydrogen (secondary N) is 2. The molecule has 2 rings (SSSR count). The SMILES string of the molecule is COc1ccc(Cl)cc1NC(=O)CN1C(=O)N[C@@H](CCSC)C1=O. The zero-order chi connectivity index (χ0) is 17.7. The second kappa shape index (κ2) is 8.25. The first-order chi connectivity index (χ1) is 11.5. The summed E-state index contributed by atoms with van der Waals surface area (Å²) < 4.78 is 5.14. The van der Waals surface area contributed by atoms with E-state index >= 15 is 0 Å². The van der Waals surface area contributed by atoms with Crippen molar-refractivity contribution in [1.82, 2.24) is 10.2 Å². The molecule has 1 aromatic carbocycles. The Hall–Kier alpha value is -1.93. The number of nitrogens with zero attached hydrogens (tertiary/aromatic N) is 1. The highest BCUT2D eigenvalue weighted by Gasteiger charge is 2.38. The number of benzene rings is 1. The maximum Gasteiger partial charge on any atom is 0.325 e. The molecule has 1 aliphatic rings. The molecule has 1 aromatic rings. The molecule has 0 spiro atoms. The number of halogens is 1. The number of imide groups is 1. The van der Waals surface area contributed by atoms with Gasteiger partial charge in [0.2, 0.25) is 5.91 Å². The lowest BCUT2D eigenvalue weighted by Gasteiger charge is -2.14. The van der Waals surface area contributed by atoms with Crippen molar-refractivity contribution in [3.63, 3.8) is 0 Å². The van der Waals surface area contributed by atoms with Crippen LogP contribution in [0, 0.1) is 0 Å². The van der Waals surface area contributed by atoms with Gasteiger partial charge < -0.3 is 15.4 Å². The van der Waals surface area contributed by atoms with Gasteiger partial charge >= 0.3 is 6.03 Å². The topological polar surface area (TPSA) is 87.7 Å². The van der Waals surface area contributed by atoms with E-state index in [0.29, 0.717) is 22.9 Å². The lowest BCUT2D eigenvalue weighted by molar-refractivity contribution is -0.130. The summed E-state index contributed by atoms with van der Waals surface area (Å²) in [6.45, 7) is -0.365. The van der Waals surface area contributed by atoms with Gasteiger partial charge in [0.05, 0.1) is 12.8 Å². The minimum atomic E-state index is -0.571. The predicted octanol–water partition coefficient (Wildman–Crippen LogP) is 1.96. The zero-order valence-electron chi connectivity index (χ0n) is 13.3. The van der Waals surface area contributed by atoms with Gasteiger partial charge in [0.15, 0.2) is 0 Å². The molecule has 1 aliphatic heterocycles. The number of ether oxygens (including phenoxy) is 1. The monoisotopic (exact) mass is 371 g/mol. The van der Waals surface area contributed by atoms with Gasteiger partial charge in [0, 0.05) is 5.02 Å².